The average molecular weight is 521 g/mol. The molecule has 0 bridgehead atoms. The third-order valence-corrected chi connectivity index (χ3v) is 5.83. The number of anilines is 3. The lowest BCUT2D eigenvalue weighted by atomic mass is 10.2. The number of aromatic nitrogens is 5. The Labute approximate surface area is 219 Å². The normalized spacial score (nSPS) is 14.0. The number of nitrogens with one attached hydrogen (secondary N) is 1. The van der Waals surface area contributed by atoms with Gasteiger partial charge in [0.05, 0.1) is 11.2 Å². The van der Waals surface area contributed by atoms with Crippen molar-refractivity contribution in [1.29, 1.82) is 0 Å². The molecule has 1 saturated heterocycles. The summed E-state index contributed by atoms with van der Waals surface area (Å²) in [5.74, 6) is 1.28. The molecule has 5 rings (SSSR count). The van der Waals surface area contributed by atoms with Crippen LogP contribution in [0.25, 0.3) is 11.0 Å². The summed E-state index contributed by atoms with van der Waals surface area (Å²) in [6.45, 7) is 7.78. The Morgan fingerprint density at radius 3 is 2.53 bits per heavy atom. The van der Waals surface area contributed by atoms with Gasteiger partial charge < -0.3 is 24.6 Å². The van der Waals surface area contributed by atoms with Crippen molar-refractivity contribution in [1.82, 2.24) is 29.6 Å². The monoisotopic (exact) mass is 520 g/mol. The van der Waals surface area contributed by atoms with Crippen LogP contribution in [0.15, 0.2) is 48.9 Å². The summed E-state index contributed by atoms with van der Waals surface area (Å²) >= 11 is 0. The van der Waals surface area contributed by atoms with E-state index in [0.29, 0.717) is 54.7 Å². The molecule has 1 aliphatic rings. The van der Waals surface area contributed by atoms with Crippen molar-refractivity contribution in [2.45, 2.75) is 26.4 Å². The number of pyridine rings is 1. The zero-order chi connectivity index (χ0) is 26.9. The number of rotatable bonds is 5. The zero-order valence-corrected chi connectivity index (χ0v) is 21.7. The minimum absolute atomic E-state index is 0.219. The molecule has 1 amide bonds. The largest absolute Gasteiger partial charge is 0.444 e. The predicted octanol–water partition coefficient (Wildman–Crippen LogP) is 4.49. The molecule has 11 nitrogen and oxygen atoms in total. The van der Waals surface area contributed by atoms with Crippen molar-refractivity contribution in [3.63, 3.8) is 0 Å². The number of aryl methyl sites for hydroxylation is 1. The summed E-state index contributed by atoms with van der Waals surface area (Å²) in [6, 6.07) is 9.92. The number of carbonyl (C=O) groups is 1. The van der Waals surface area contributed by atoms with Gasteiger partial charge in [0.15, 0.2) is 5.82 Å². The van der Waals surface area contributed by atoms with Crippen molar-refractivity contribution in [3.05, 3.63) is 54.7 Å². The van der Waals surface area contributed by atoms with Crippen LogP contribution in [0.5, 0.6) is 11.6 Å². The van der Waals surface area contributed by atoms with E-state index in [4.69, 9.17) is 14.5 Å². The molecule has 0 aliphatic carbocycles. The van der Waals surface area contributed by atoms with Crippen molar-refractivity contribution in [2.75, 3.05) is 36.4 Å². The van der Waals surface area contributed by atoms with Crippen LogP contribution in [0.2, 0.25) is 0 Å². The van der Waals surface area contributed by atoms with Crippen molar-refractivity contribution in [2.24, 2.45) is 7.05 Å². The van der Waals surface area contributed by atoms with Gasteiger partial charge in [-0.15, -0.1) is 5.10 Å². The second-order valence-electron chi connectivity index (χ2n) is 9.91. The lowest BCUT2D eigenvalue weighted by Crippen LogP contribution is -2.50. The summed E-state index contributed by atoms with van der Waals surface area (Å²) in [7, 11) is 1.77. The maximum absolute atomic E-state index is 14.9. The van der Waals surface area contributed by atoms with Gasteiger partial charge in [-0.3, -0.25) is 4.68 Å². The zero-order valence-electron chi connectivity index (χ0n) is 21.7. The number of piperazine rings is 1. The molecular formula is C26H29FN8O3. The van der Waals surface area contributed by atoms with Crippen LogP contribution in [-0.2, 0) is 11.8 Å². The number of nitrogens with zero attached hydrogens (tertiary/aromatic N) is 7. The molecule has 1 aliphatic heterocycles. The Bertz CT molecular complexity index is 1460. The number of ether oxygens (including phenoxy) is 2. The highest BCUT2D eigenvalue weighted by molar-refractivity contribution is 5.88. The van der Waals surface area contributed by atoms with Crippen molar-refractivity contribution in [3.8, 4) is 11.6 Å². The van der Waals surface area contributed by atoms with Gasteiger partial charge in [-0.2, -0.15) is 0 Å². The molecule has 4 heterocycles. The van der Waals surface area contributed by atoms with Crippen LogP contribution in [0.1, 0.15) is 20.8 Å². The van der Waals surface area contributed by atoms with Crippen molar-refractivity contribution >= 4 is 34.4 Å². The Balaban J connectivity index is 1.31. The van der Waals surface area contributed by atoms with Crippen LogP contribution in [0.3, 0.4) is 0 Å². The van der Waals surface area contributed by atoms with Gasteiger partial charge in [-0.25, -0.2) is 24.1 Å². The quantitative estimate of drug-likeness (QED) is 0.407. The van der Waals surface area contributed by atoms with Crippen molar-refractivity contribution < 1.29 is 18.7 Å². The smallest absolute Gasteiger partial charge is 0.410 e. The molecule has 0 spiro atoms. The highest BCUT2D eigenvalue weighted by atomic mass is 19.1. The number of hydrogen-bond donors (Lipinski definition) is 1. The van der Waals surface area contributed by atoms with Crippen LogP contribution in [-0.4, -0.2) is 67.5 Å². The summed E-state index contributed by atoms with van der Waals surface area (Å²) in [5.41, 5.74) is 0.808. The molecule has 0 radical (unpaired) electrons. The van der Waals surface area contributed by atoms with E-state index in [1.807, 2.05) is 32.9 Å². The van der Waals surface area contributed by atoms with Crippen LogP contribution in [0.4, 0.5) is 26.5 Å². The van der Waals surface area contributed by atoms with Crippen LogP contribution < -0.4 is 15.0 Å². The van der Waals surface area contributed by atoms with Gasteiger partial charge in [-0.05, 0) is 45.0 Å². The molecule has 0 unspecified atom stereocenters. The Morgan fingerprint density at radius 2 is 1.84 bits per heavy atom. The first-order chi connectivity index (χ1) is 18.1. The number of carbonyl (C=O) groups excluding carboxylic acids is 1. The lowest BCUT2D eigenvalue weighted by molar-refractivity contribution is 0.0240. The van der Waals surface area contributed by atoms with Crippen LogP contribution in [0, 0.1) is 5.82 Å². The molecule has 3 aromatic heterocycles. The van der Waals surface area contributed by atoms with E-state index in [9.17, 15) is 9.18 Å². The fourth-order valence-electron chi connectivity index (χ4n) is 4.00. The highest BCUT2D eigenvalue weighted by Gasteiger charge is 2.26. The summed E-state index contributed by atoms with van der Waals surface area (Å²) in [4.78, 5) is 29.6. The summed E-state index contributed by atoms with van der Waals surface area (Å²) in [6.07, 6.45) is 2.83. The van der Waals surface area contributed by atoms with E-state index in [2.05, 4.69) is 25.3 Å². The van der Waals surface area contributed by atoms with Gasteiger partial charge in [0.1, 0.15) is 34.8 Å². The topological polar surface area (TPSA) is 111 Å². The van der Waals surface area contributed by atoms with Gasteiger partial charge in [0, 0.05) is 51.6 Å². The Kier molecular flexibility index (Phi) is 6.70. The average Bonchev–Trinajstić information content (AvgIpc) is 3.29. The van der Waals surface area contributed by atoms with Gasteiger partial charge in [0.25, 0.3) is 0 Å². The number of hydrogen-bond acceptors (Lipinski definition) is 9. The number of fused-ring (bicyclic) bond motifs is 1. The maximum Gasteiger partial charge on any atom is 0.410 e. The molecule has 1 fully saturated rings. The van der Waals surface area contributed by atoms with Gasteiger partial charge in [-0.1, -0.05) is 0 Å². The third kappa shape index (κ3) is 5.74. The molecule has 4 aromatic rings. The standard InChI is InChI=1S/C26H29FN8O3/c1-26(2,3)38-25(36)35-13-11-34(12-14-35)21-8-7-20-23(31-21)24(29-16-28-20)30-19-6-5-17(15-18(19)27)37-22-9-10-33(4)32-22/h5-10,15-16H,11-14H2,1-4H3,(H,28,29,30). The van der Waals surface area contributed by atoms with E-state index in [-0.39, 0.29) is 11.8 Å². The SMILES string of the molecule is Cn1ccc(Oc2ccc(Nc3ncnc4ccc(N5CCN(C(=O)OC(C)(C)C)CC5)nc34)c(F)c2)n1. The van der Waals surface area contributed by atoms with Crippen LogP contribution >= 0.6 is 0 Å². The number of halogens is 1. The predicted molar refractivity (Wildman–Crippen MR) is 140 cm³/mol. The first-order valence-corrected chi connectivity index (χ1v) is 12.2. The fourth-order valence-corrected chi connectivity index (χ4v) is 4.00. The molecule has 38 heavy (non-hydrogen) atoms. The van der Waals surface area contributed by atoms with E-state index in [1.165, 1.54) is 12.4 Å². The van der Waals surface area contributed by atoms with E-state index >= 15 is 0 Å². The first kappa shape index (κ1) is 25.2. The molecule has 1 N–H and O–H groups in total. The minimum atomic E-state index is -0.538. The molecule has 12 heteroatoms. The summed E-state index contributed by atoms with van der Waals surface area (Å²) in [5, 5.41) is 7.17. The molecule has 0 atom stereocenters. The maximum atomic E-state index is 14.9. The first-order valence-electron chi connectivity index (χ1n) is 12.2. The Morgan fingerprint density at radius 1 is 1.05 bits per heavy atom. The van der Waals surface area contributed by atoms with Gasteiger partial charge in [0.2, 0.25) is 5.88 Å². The molecule has 0 saturated carbocycles. The van der Waals surface area contributed by atoms with E-state index in [1.54, 1.807) is 41.0 Å². The second kappa shape index (κ2) is 10.1. The third-order valence-electron chi connectivity index (χ3n) is 5.83. The number of benzene rings is 1. The fraction of sp³-hybridized carbons (Fsp3) is 0.346. The summed E-state index contributed by atoms with van der Waals surface area (Å²) < 4.78 is 27.6. The lowest BCUT2D eigenvalue weighted by Gasteiger charge is -2.36. The highest BCUT2D eigenvalue weighted by Crippen LogP contribution is 2.29. The molecule has 198 valence electrons. The van der Waals surface area contributed by atoms with E-state index in [0.717, 1.165) is 5.82 Å². The Hall–Kier alpha value is -4.48. The molecule has 1 aromatic carbocycles. The second-order valence-corrected chi connectivity index (χ2v) is 9.91. The van der Waals surface area contributed by atoms with Gasteiger partial charge >= 0.3 is 6.09 Å². The number of amides is 1. The minimum Gasteiger partial charge on any atom is -0.444 e. The molecular weight excluding hydrogens is 491 g/mol. The van der Waals surface area contributed by atoms with E-state index < -0.39 is 11.4 Å².